The number of unbranched alkanes of at least 4 members (excludes halogenated alkanes) is 1. The molecule has 2 amide bonds. The maximum atomic E-state index is 11.8. The Kier molecular flexibility index (Phi) is 10.6. The number of rotatable bonds is 14. The zero-order valence-electron chi connectivity index (χ0n) is 17.1. The minimum absolute atomic E-state index is 0.0289. The summed E-state index contributed by atoms with van der Waals surface area (Å²) < 4.78 is 4.78. The number of hydrogen-bond donors (Lipinski definition) is 2. The lowest BCUT2D eigenvalue weighted by Crippen LogP contribution is -2.14. The third-order valence-corrected chi connectivity index (χ3v) is 5.61. The molecule has 11 nitrogen and oxygen atoms in total. The lowest BCUT2D eigenvalue weighted by atomic mass is 10.2. The summed E-state index contributed by atoms with van der Waals surface area (Å²) in [5.41, 5.74) is 0. The Labute approximate surface area is 187 Å². The van der Waals surface area contributed by atoms with Gasteiger partial charge in [-0.15, -0.1) is 20.4 Å². The molecule has 0 saturated heterocycles. The van der Waals surface area contributed by atoms with Gasteiger partial charge in [-0.25, -0.2) is 0 Å². The monoisotopic (exact) mass is 468 g/mol. The standard InChI is InChI=1S/C18H24N6O5S2/c1-2-29-16(28)10-9-13(27)20-18-24-22-15(31-18)8-4-3-7-14-21-23-17(30-14)19-12(26)6-5-11-25/h11H,2-10H2,1H3,(H,19,23,26)(H,20,24,27). The molecule has 31 heavy (non-hydrogen) atoms. The summed E-state index contributed by atoms with van der Waals surface area (Å²) in [5, 5.41) is 23.7. The number of hydrogen-bond acceptors (Lipinski definition) is 11. The molecule has 0 fully saturated rings. The second-order valence-electron chi connectivity index (χ2n) is 6.32. The predicted octanol–water partition coefficient (Wildman–Crippen LogP) is 2.15. The Bertz CT molecular complexity index is 884. The first-order valence-corrected chi connectivity index (χ1v) is 11.5. The normalized spacial score (nSPS) is 10.5. The molecule has 2 rings (SSSR count). The second kappa shape index (κ2) is 13.5. The summed E-state index contributed by atoms with van der Waals surface area (Å²) in [6.45, 7) is 2.00. The number of amides is 2. The summed E-state index contributed by atoms with van der Waals surface area (Å²) in [6.07, 6.45) is 4.22. The van der Waals surface area contributed by atoms with Gasteiger partial charge in [-0.2, -0.15) is 0 Å². The van der Waals surface area contributed by atoms with E-state index < -0.39 is 5.97 Å². The predicted molar refractivity (Wildman–Crippen MR) is 115 cm³/mol. The highest BCUT2D eigenvalue weighted by molar-refractivity contribution is 7.15. The number of nitrogens with one attached hydrogen (secondary N) is 2. The van der Waals surface area contributed by atoms with Crippen LogP contribution in [-0.4, -0.2) is 51.1 Å². The van der Waals surface area contributed by atoms with Crippen LogP contribution in [0, 0.1) is 0 Å². The SMILES string of the molecule is CCOC(=O)CCC(=O)Nc1nnc(CCCCc2nnc(NC(=O)CCC=O)s2)s1. The quantitative estimate of drug-likeness (QED) is 0.241. The van der Waals surface area contributed by atoms with Crippen molar-refractivity contribution in [3.8, 4) is 0 Å². The fraction of sp³-hybridized carbons (Fsp3) is 0.556. The first-order chi connectivity index (χ1) is 15.0. The largest absolute Gasteiger partial charge is 0.466 e. The van der Waals surface area contributed by atoms with Crippen molar-refractivity contribution in [3.05, 3.63) is 10.0 Å². The summed E-state index contributed by atoms with van der Waals surface area (Å²) in [6, 6.07) is 0. The van der Waals surface area contributed by atoms with Crippen molar-refractivity contribution >= 4 is 57.0 Å². The van der Waals surface area contributed by atoms with Gasteiger partial charge in [0, 0.05) is 32.1 Å². The maximum Gasteiger partial charge on any atom is 0.306 e. The van der Waals surface area contributed by atoms with Crippen molar-refractivity contribution < 1.29 is 23.9 Å². The molecule has 0 bridgehead atoms. The van der Waals surface area contributed by atoms with Gasteiger partial charge in [0.1, 0.15) is 16.3 Å². The van der Waals surface area contributed by atoms with Crippen molar-refractivity contribution in [2.75, 3.05) is 17.2 Å². The highest BCUT2D eigenvalue weighted by Gasteiger charge is 2.12. The summed E-state index contributed by atoms with van der Waals surface area (Å²) in [7, 11) is 0. The van der Waals surface area contributed by atoms with Crippen LogP contribution in [0.1, 0.15) is 55.5 Å². The minimum atomic E-state index is -0.404. The number of aldehydes is 1. The molecular weight excluding hydrogens is 444 g/mol. The zero-order chi connectivity index (χ0) is 22.5. The molecule has 2 aromatic rings. The van der Waals surface area contributed by atoms with Crippen molar-refractivity contribution in [1.29, 1.82) is 0 Å². The topological polar surface area (TPSA) is 153 Å². The van der Waals surface area contributed by atoms with E-state index in [0.717, 1.165) is 29.3 Å². The maximum absolute atomic E-state index is 11.8. The highest BCUT2D eigenvalue weighted by Crippen LogP contribution is 2.20. The van der Waals surface area contributed by atoms with Gasteiger partial charge in [-0.05, 0) is 19.8 Å². The van der Waals surface area contributed by atoms with Crippen LogP contribution >= 0.6 is 22.7 Å². The van der Waals surface area contributed by atoms with Gasteiger partial charge in [0.2, 0.25) is 22.1 Å². The number of anilines is 2. The van der Waals surface area contributed by atoms with Crippen LogP contribution in [0.4, 0.5) is 10.3 Å². The number of esters is 1. The molecule has 0 aliphatic carbocycles. The molecule has 0 unspecified atom stereocenters. The van der Waals surface area contributed by atoms with E-state index >= 15 is 0 Å². The van der Waals surface area contributed by atoms with Crippen LogP contribution in [-0.2, 0) is 36.8 Å². The van der Waals surface area contributed by atoms with Crippen LogP contribution in [0.3, 0.4) is 0 Å². The van der Waals surface area contributed by atoms with Crippen molar-refractivity contribution in [2.45, 2.75) is 58.3 Å². The molecule has 168 valence electrons. The highest BCUT2D eigenvalue weighted by atomic mass is 32.1. The van der Waals surface area contributed by atoms with Crippen molar-refractivity contribution in [2.24, 2.45) is 0 Å². The van der Waals surface area contributed by atoms with Crippen LogP contribution in [0.25, 0.3) is 0 Å². The Hall–Kier alpha value is -2.80. The lowest BCUT2D eigenvalue weighted by molar-refractivity contribution is -0.144. The Balaban J connectivity index is 1.64. The number of nitrogens with zero attached hydrogens (tertiary/aromatic N) is 4. The van der Waals surface area contributed by atoms with Gasteiger partial charge in [-0.3, -0.25) is 14.4 Å². The smallest absolute Gasteiger partial charge is 0.306 e. The molecule has 0 atom stereocenters. The van der Waals surface area contributed by atoms with Crippen molar-refractivity contribution in [1.82, 2.24) is 20.4 Å². The third-order valence-electron chi connectivity index (χ3n) is 3.81. The van der Waals surface area contributed by atoms with E-state index in [0.29, 0.717) is 29.6 Å². The molecule has 0 saturated carbocycles. The molecule has 13 heteroatoms. The molecule has 2 aromatic heterocycles. The average molecular weight is 469 g/mol. The van der Waals surface area contributed by atoms with Gasteiger partial charge in [0.25, 0.3) is 0 Å². The van der Waals surface area contributed by atoms with Gasteiger partial charge < -0.3 is 20.2 Å². The molecule has 2 N–H and O–H groups in total. The number of ether oxygens (including phenoxy) is 1. The molecular formula is C18H24N6O5S2. The third kappa shape index (κ3) is 9.70. The molecule has 0 aromatic carbocycles. The molecule has 0 aliphatic rings. The number of carbonyl (C=O) groups excluding carboxylic acids is 4. The Morgan fingerprint density at radius 3 is 1.94 bits per heavy atom. The van der Waals surface area contributed by atoms with Crippen LogP contribution in [0.15, 0.2) is 0 Å². The summed E-state index contributed by atoms with van der Waals surface area (Å²) in [5.74, 6) is -0.964. The molecule has 0 radical (unpaired) electrons. The summed E-state index contributed by atoms with van der Waals surface area (Å²) in [4.78, 5) is 45.0. The van der Waals surface area contributed by atoms with Gasteiger partial charge in [0.05, 0.1) is 13.0 Å². The van der Waals surface area contributed by atoms with Gasteiger partial charge >= 0.3 is 5.97 Å². The van der Waals surface area contributed by atoms with E-state index in [1.54, 1.807) is 6.92 Å². The molecule has 0 spiro atoms. The molecule has 0 aliphatic heterocycles. The second-order valence-corrected chi connectivity index (χ2v) is 8.44. The fourth-order valence-electron chi connectivity index (χ4n) is 2.37. The minimum Gasteiger partial charge on any atom is -0.466 e. The van der Waals surface area contributed by atoms with E-state index in [4.69, 9.17) is 4.74 Å². The van der Waals surface area contributed by atoms with Gasteiger partial charge in [-0.1, -0.05) is 22.7 Å². The first kappa shape index (κ1) is 24.5. The molecule has 2 heterocycles. The lowest BCUT2D eigenvalue weighted by Gasteiger charge is -2.01. The van der Waals surface area contributed by atoms with Crippen LogP contribution in [0.2, 0.25) is 0 Å². The van der Waals surface area contributed by atoms with Crippen molar-refractivity contribution in [3.63, 3.8) is 0 Å². The zero-order valence-corrected chi connectivity index (χ0v) is 18.7. The number of aromatic nitrogens is 4. The van der Waals surface area contributed by atoms with E-state index in [9.17, 15) is 19.2 Å². The van der Waals surface area contributed by atoms with Crippen LogP contribution < -0.4 is 10.6 Å². The Morgan fingerprint density at radius 1 is 0.871 bits per heavy atom. The van der Waals surface area contributed by atoms with Crippen LogP contribution in [0.5, 0.6) is 0 Å². The fourth-order valence-corrected chi connectivity index (χ4v) is 3.96. The van der Waals surface area contributed by atoms with E-state index in [2.05, 4.69) is 31.0 Å². The van der Waals surface area contributed by atoms with Gasteiger partial charge in [0.15, 0.2) is 0 Å². The Morgan fingerprint density at radius 2 is 1.42 bits per heavy atom. The summed E-state index contributed by atoms with van der Waals surface area (Å²) >= 11 is 2.61. The van der Waals surface area contributed by atoms with E-state index in [1.165, 1.54) is 22.7 Å². The van der Waals surface area contributed by atoms with E-state index in [-0.39, 0.29) is 37.5 Å². The first-order valence-electron chi connectivity index (χ1n) is 9.83. The average Bonchev–Trinajstić information content (AvgIpc) is 3.37. The van der Waals surface area contributed by atoms with E-state index in [1.807, 2.05) is 0 Å². The number of aryl methyl sites for hydroxylation is 2. The number of carbonyl (C=O) groups is 4.